The summed E-state index contributed by atoms with van der Waals surface area (Å²) >= 11 is 0. The van der Waals surface area contributed by atoms with Gasteiger partial charge in [-0.05, 0) is 35.7 Å². The Morgan fingerprint density at radius 2 is 1.57 bits per heavy atom. The molecule has 160 valence electrons. The van der Waals surface area contributed by atoms with E-state index in [-0.39, 0.29) is 11.8 Å². The zero-order valence-electron chi connectivity index (χ0n) is 17.6. The molecule has 3 amide bonds. The third-order valence-corrected chi connectivity index (χ3v) is 5.00. The van der Waals surface area contributed by atoms with Gasteiger partial charge in [-0.3, -0.25) is 9.69 Å². The van der Waals surface area contributed by atoms with Crippen LogP contribution in [0.1, 0.15) is 19.4 Å². The zero-order valence-corrected chi connectivity index (χ0v) is 17.6. The second-order valence-electron chi connectivity index (χ2n) is 7.76. The van der Waals surface area contributed by atoms with Crippen molar-refractivity contribution >= 4 is 23.3 Å². The molecule has 3 N–H and O–H groups in total. The van der Waals surface area contributed by atoms with E-state index in [0.717, 1.165) is 32.8 Å². The smallest absolute Gasteiger partial charge is 0.319 e. The van der Waals surface area contributed by atoms with Crippen LogP contribution in [0.15, 0.2) is 54.6 Å². The van der Waals surface area contributed by atoms with Crippen molar-refractivity contribution in [1.82, 2.24) is 10.2 Å². The monoisotopic (exact) mass is 410 g/mol. The van der Waals surface area contributed by atoms with Gasteiger partial charge in [0.2, 0.25) is 5.91 Å². The third kappa shape index (κ3) is 6.57. The molecule has 3 rings (SSSR count). The fourth-order valence-electron chi connectivity index (χ4n) is 3.30. The van der Waals surface area contributed by atoms with Gasteiger partial charge < -0.3 is 20.7 Å². The average molecular weight is 411 g/mol. The van der Waals surface area contributed by atoms with Gasteiger partial charge >= 0.3 is 6.03 Å². The Kier molecular flexibility index (Phi) is 7.82. The van der Waals surface area contributed by atoms with Crippen LogP contribution in [0.5, 0.6) is 0 Å². The van der Waals surface area contributed by atoms with Crippen LogP contribution in [-0.2, 0) is 16.1 Å². The van der Waals surface area contributed by atoms with Gasteiger partial charge in [0.15, 0.2) is 0 Å². The van der Waals surface area contributed by atoms with E-state index in [1.807, 2.05) is 56.3 Å². The third-order valence-electron chi connectivity index (χ3n) is 5.00. The van der Waals surface area contributed by atoms with E-state index in [0.29, 0.717) is 11.4 Å². The van der Waals surface area contributed by atoms with Crippen molar-refractivity contribution < 1.29 is 14.3 Å². The van der Waals surface area contributed by atoms with Crippen molar-refractivity contribution in [2.24, 2.45) is 5.92 Å². The summed E-state index contributed by atoms with van der Waals surface area (Å²) in [6.07, 6.45) is 0. The van der Waals surface area contributed by atoms with E-state index in [1.54, 1.807) is 12.1 Å². The Morgan fingerprint density at radius 3 is 2.20 bits per heavy atom. The standard InChI is InChI=1S/C23H30N4O3/c1-17(2)21(26-23(29)25-19-6-4-3-5-7-19)22(28)24-20-10-8-18(9-11-20)16-27-12-14-30-15-13-27/h3-11,17,21H,12-16H2,1-2H3,(H,24,28)(H2,25,26,29)/t21-/m0/s1. The van der Waals surface area contributed by atoms with Crippen LogP contribution in [0.4, 0.5) is 16.2 Å². The molecule has 2 aromatic carbocycles. The molecule has 7 heteroatoms. The number of benzene rings is 2. The maximum atomic E-state index is 12.8. The molecule has 2 aromatic rings. The molecule has 1 saturated heterocycles. The zero-order chi connectivity index (χ0) is 21.3. The van der Waals surface area contributed by atoms with Gasteiger partial charge in [-0.2, -0.15) is 0 Å². The quantitative estimate of drug-likeness (QED) is 0.654. The molecule has 1 aliphatic rings. The lowest BCUT2D eigenvalue weighted by Gasteiger charge is -2.26. The molecule has 1 fully saturated rings. The molecule has 1 heterocycles. The summed E-state index contributed by atoms with van der Waals surface area (Å²) in [5, 5.41) is 8.43. The number of para-hydroxylation sites is 1. The lowest BCUT2D eigenvalue weighted by Crippen LogP contribution is -2.48. The molecule has 0 aromatic heterocycles. The van der Waals surface area contributed by atoms with Crippen molar-refractivity contribution in [3.63, 3.8) is 0 Å². The van der Waals surface area contributed by atoms with Gasteiger partial charge in [-0.25, -0.2) is 4.79 Å². The van der Waals surface area contributed by atoms with Crippen LogP contribution in [0.25, 0.3) is 0 Å². The summed E-state index contributed by atoms with van der Waals surface area (Å²) in [4.78, 5) is 27.4. The lowest BCUT2D eigenvalue weighted by molar-refractivity contribution is -0.118. The number of morpholine rings is 1. The van der Waals surface area contributed by atoms with Gasteiger partial charge in [-0.1, -0.05) is 44.2 Å². The SMILES string of the molecule is CC(C)[C@H](NC(=O)Nc1ccccc1)C(=O)Nc1ccc(CN2CCOCC2)cc1. The Hall–Kier alpha value is -2.90. The van der Waals surface area contributed by atoms with E-state index >= 15 is 0 Å². The molecule has 30 heavy (non-hydrogen) atoms. The summed E-state index contributed by atoms with van der Waals surface area (Å²) in [6.45, 7) is 8.09. The molecule has 0 bridgehead atoms. The Bertz CT molecular complexity index is 818. The van der Waals surface area contributed by atoms with Gasteiger partial charge in [0.25, 0.3) is 0 Å². The van der Waals surface area contributed by atoms with Gasteiger partial charge in [0, 0.05) is 31.0 Å². The number of nitrogens with zero attached hydrogens (tertiary/aromatic N) is 1. The molecule has 0 radical (unpaired) electrons. The Labute approximate surface area is 177 Å². The number of nitrogens with one attached hydrogen (secondary N) is 3. The van der Waals surface area contributed by atoms with Crippen LogP contribution in [-0.4, -0.2) is 49.2 Å². The molecule has 1 aliphatic heterocycles. The first-order valence-electron chi connectivity index (χ1n) is 10.3. The first kappa shape index (κ1) is 21.8. The highest BCUT2D eigenvalue weighted by Gasteiger charge is 2.24. The highest BCUT2D eigenvalue weighted by molar-refractivity contribution is 5.99. The number of anilines is 2. The van der Waals surface area contributed by atoms with E-state index in [1.165, 1.54) is 5.56 Å². The number of rotatable bonds is 7. The van der Waals surface area contributed by atoms with Crippen molar-refractivity contribution in [3.8, 4) is 0 Å². The highest BCUT2D eigenvalue weighted by atomic mass is 16.5. The van der Waals surface area contributed by atoms with Crippen LogP contribution < -0.4 is 16.0 Å². The van der Waals surface area contributed by atoms with E-state index in [2.05, 4.69) is 20.9 Å². The van der Waals surface area contributed by atoms with Crippen LogP contribution in [0, 0.1) is 5.92 Å². The van der Waals surface area contributed by atoms with E-state index in [4.69, 9.17) is 4.74 Å². The fourth-order valence-corrected chi connectivity index (χ4v) is 3.30. The fraction of sp³-hybridized carbons (Fsp3) is 0.391. The van der Waals surface area contributed by atoms with E-state index in [9.17, 15) is 9.59 Å². The summed E-state index contributed by atoms with van der Waals surface area (Å²) in [5.41, 5.74) is 2.58. The predicted octanol–water partition coefficient (Wildman–Crippen LogP) is 3.30. The molecule has 0 unspecified atom stereocenters. The predicted molar refractivity (Wildman–Crippen MR) is 118 cm³/mol. The van der Waals surface area contributed by atoms with Gasteiger partial charge in [0.05, 0.1) is 13.2 Å². The van der Waals surface area contributed by atoms with Gasteiger partial charge in [0.1, 0.15) is 6.04 Å². The molecule has 7 nitrogen and oxygen atoms in total. The van der Waals surface area contributed by atoms with Crippen molar-refractivity contribution in [1.29, 1.82) is 0 Å². The molecule has 1 atom stereocenters. The largest absolute Gasteiger partial charge is 0.379 e. The summed E-state index contributed by atoms with van der Waals surface area (Å²) in [5.74, 6) is -0.304. The molecule has 0 aliphatic carbocycles. The normalized spacial score (nSPS) is 15.4. The first-order chi connectivity index (χ1) is 14.5. The van der Waals surface area contributed by atoms with Crippen molar-refractivity contribution in [2.75, 3.05) is 36.9 Å². The van der Waals surface area contributed by atoms with Crippen LogP contribution >= 0.6 is 0 Å². The number of carbonyl (C=O) groups is 2. The average Bonchev–Trinajstić information content (AvgIpc) is 2.74. The first-order valence-corrected chi connectivity index (χ1v) is 10.3. The maximum absolute atomic E-state index is 12.8. The Morgan fingerprint density at radius 1 is 0.933 bits per heavy atom. The topological polar surface area (TPSA) is 82.7 Å². The second kappa shape index (κ2) is 10.8. The second-order valence-corrected chi connectivity index (χ2v) is 7.76. The van der Waals surface area contributed by atoms with Crippen molar-refractivity contribution in [2.45, 2.75) is 26.4 Å². The van der Waals surface area contributed by atoms with Crippen LogP contribution in [0.2, 0.25) is 0 Å². The maximum Gasteiger partial charge on any atom is 0.319 e. The van der Waals surface area contributed by atoms with Gasteiger partial charge in [-0.15, -0.1) is 0 Å². The van der Waals surface area contributed by atoms with Crippen LogP contribution in [0.3, 0.4) is 0 Å². The molecular weight excluding hydrogens is 380 g/mol. The summed E-state index contributed by atoms with van der Waals surface area (Å²) < 4.78 is 5.38. The van der Waals surface area contributed by atoms with E-state index < -0.39 is 12.1 Å². The van der Waals surface area contributed by atoms with Crippen molar-refractivity contribution in [3.05, 3.63) is 60.2 Å². The molecular formula is C23H30N4O3. The minimum absolute atomic E-state index is 0.0629. The Balaban J connectivity index is 1.54. The number of hydrogen-bond donors (Lipinski definition) is 3. The molecule has 0 spiro atoms. The lowest BCUT2D eigenvalue weighted by atomic mass is 10.0. The molecule has 0 saturated carbocycles. The highest BCUT2D eigenvalue weighted by Crippen LogP contribution is 2.14. The summed E-state index contributed by atoms with van der Waals surface area (Å²) in [7, 11) is 0. The number of ether oxygens (including phenoxy) is 1. The summed E-state index contributed by atoms with van der Waals surface area (Å²) in [6, 6.07) is 15.9. The number of amides is 3. The number of carbonyl (C=O) groups excluding carboxylic acids is 2. The minimum atomic E-state index is -0.651. The number of urea groups is 1. The number of hydrogen-bond acceptors (Lipinski definition) is 4. The minimum Gasteiger partial charge on any atom is -0.379 e.